The summed E-state index contributed by atoms with van der Waals surface area (Å²) in [5, 5.41) is 12.6. The third-order valence-corrected chi connectivity index (χ3v) is 4.03. The standard InChI is InChI=1S/C9H21NO3S2/c1-3-4-10-7-9(11)8-14-5-6-15(2,12)13/h9-11H,3-8H2,1-2H3. The molecule has 0 aliphatic carbocycles. The van der Waals surface area contributed by atoms with Crippen LogP contribution in [-0.2, 0) is 9.84 Å². The first-order valence-corrected chi connectivity index (χ1v) is 8.31. The highest BCUT2D eigenvalue weighted by Gasteiger charge is 2.05. The van der Waals surface area contributed by atoms with E-state index < -0.39 is 9.84 Å². The van der Waals surface area contributed by atoms with Gasteiger partial charge in [-0.05, 0) is 13.0 Å². The zero-order valence-corrected chi connectivity index (χ0v) is 11.0. The Bertz CT molecular complexity index is 242. The molecular formula is C9H21NO3S2. The maximum Gasteiger partial charge on any atom is 0.148 e. The van der Waals surface area contributed by atoms with Crippen LogP contribution in [0.4, 0.5) is 0 Å². The summed E-state index contributed by atoms with van der Waals surface area (Å²) in [6.45, 7) is 3.56. The van der Waals surface area contributed by atoms with Gasteiger partial charge < -0.3 is 10.4 Å². The maximum absolute atomic E-state index is 10.8. The third-order valence-electron chi connectivity index (χ3n) is 1.72. The van der Waals surface area contributed by atoms with Crippen LogP contribution in [0, 0.1) is 0 Å². The van der Waals surface area contributed by atoms with E-state index in [9.17, 15) is 13.5 Å². The SMILES string of the molecule is CCCNCC(O)CSCCS(C)(=O)=O. The Kier molecular flexibility index (Phi) is 8.50. The minimum atomic E-state index is -2.86. The number of hydrogen-bond acceptors (Lipinski definition) is 5. The molecule has 0 aromatic heterocycles. The van der Waals surface area contributed by atoms with Crippen molar-refractivity contribution in [2.45, 2.75) is 19.4 Å². The van der Waals surface area contributed by atoms with Gasteiger partial charge >= 0.3 is 0 Å². The summed E-state index contributed by atoms with van der Waals surface area (Å²) in [4.78, 5) is 0. The highest BCUT2D eigenvalue weighted by atomic mass is 32.2. The van der Waals surface area contributed by atoms with Crippen LogP contribution < -0.4 is 5.32 Å². The Morgan fingerprint density at radius 3 is 2.67 bits per heavy atom. The summed E-state index contributed by atoms with van der Waals surface area (Å²) in [7, 11) is -2.86. The molecule has 0 aromatic carbocycles. The quantitative estimate of drug-likeness (QED) is 0.573. The summed E-state index contributed by atoms with van der Waals surface area (Å²) in [5.74, 6) is 1.34. The van der Waals surface area contributed by atoms with Crippen LogP contribution in [0.5, 0.6) is 0 Å². The number of aliphatic hydroxyl groups excluding tert-OH is 1. The van der Waals surface area contributed by atoms with Crippen molar-refractivity contribution in [3.05, 3.63) is 0 Å². The number of thioether (sulfide) groups is 1. The van der Waals surface area contributed by atoms with Crippen molar-refractivity contribution in [2.24, 2.45) is 0 Å². The van der Waals surface area contributed by atoms with Gasteiger partial charge in [-0.25, -0.2) is 8.42 Å². The highest BCUT2D eigenvalue weighted by Crippen LogP contribution is 2.03. The molecule has 0 spiro atoms. The lowest BCUT2D eigenvalue weighted by Crippen LogP contribution is -2.29. The molecule has 0 saturated heterocycles. The topological polar surface area (TPSA) is 66.4 Å². The molecule has 0 rings (SSSR count). The van der Waals surface area contributed by atoms with Gasteiger partial charge in [-0.2, -0.15) is 11.8 Å². The van der Waals surface area contributed by atoms with E-state index in [4.69, 9.17) is 0 Å². The van der Waals surface area contributed by atoms with Gasteiger partial charge in [0.15, 0.2) is 0 Å². The van der Waals surface area contributed by atoms with Crippen molar-refractivity contribution in [3.63, 3.8) is 0 Å². The fourth-order valence-corrected chi connectivity index (χ4v) is 3.17. The molecule has 0 heterocycles. The fraction of sp³-hybridized carbons (Fsp3) is 1.00. The largest absolute Gasteiger partial charge is 0.391 e. The predicted molar refractivity (Wildman–Crippen MR) is 66.2 cm³/mol. The Labute approximate surface area is 96.8 Å². The van der Waals surface area contributed by atoms with E-state index in [1.807, 2.05) is 0 Å². The monoisotopic (exact) mass is 255 g/mol. The van der Waals surface area contributed by atoms with Crippen LogP contribution in [-0.4, -0.2) is 56.2 Å². The van der Waals surface area contributed by atoms with Crippen LogP contribution in [0.1, 0.15) is 13.3 Å². The first-order valence-electron chi connectivity index (χ1n) is 5.10. The molecule has 0 amide bonds. The van der Waals surface area contributed by atoms with E-state index >= 15 is 0 Å². The highest BCUT2D eigenvalue weighted by molar-refractivity contribution is 8.00. The van der Waals surface area contributed by atoms with Gasteiger partial charge in [-0.1, -0.05) is 6.92 Å². The van der Waals surface area contributed by atoms with Crippen LogP contribution in [0.2, 0.25) is 0 Å². The maximum atomic E-state index is 10.8. The molecule has 0 aromatic rings. The molecule has 0 fully saturated rings. The smallest absolute Gasteiger partial charge is 0.148 e. The summed E-state index contributed by atoms with van der Waals surface area (Å²) in [6.07, 6.45) is 1.89. The van der Waals surface area contributed by atoms with Gasteiger partial charge in [0, 0.05) is 24.3 Å². The average Bonchev–Trinajstić information content (AvgIpc) is 2.11. The van der Waals surface area contributed by atoms with Crippen molar-refractivity contribution in [1.29, 1.82) is 0 Å². The van der Waals surface area contributed by atoms with Crippen molar-refractivity contribution in [1.82, 2.24) is 5.32 Å². The van der Waals surface area contributed by atoms with E-state index in [0.717, 1.165) is 13.0 Å². The molecule has 4 nitrogen and oxygen atoms in total. The van der Waals surface area contributed by atoms with Crippen molar-refractivity contribution in [3.8, 4) is 0 Å². The second kappa shape index (κ2) is 8.38. The van der Waals surface area contributed by atoms with Crippen molar-refractivity contribution >= 4 is 21.6 Å². The van der Waals surface area contributed by atoms with Crippen molar-refractivity contribution < 1.29 is 13.5 Å². The molecular weight excluding hydrogens is 234 g/mol. The molecule has 1 atom stereocenters. The lowest BCUT2D eigenvalue weighted by atomic mass is 10.4. The fourth-order valence-electron chi connectivity index (χ4n) is 0.934. The summed E-state index contributed by atoms with van der Waals surface area (Å²) in [6, 6.07) is 0. The van der Waals surface area contributed by atoms with Gasteiger partial charge in [0.1, 0.15) is 9.84 Å². The van der Waals surface area contributed by atoms with E-state index in [0.29, 0.717) is 18.1 Å². The molecule has 0 aliphatic rings. The van der Waals surface area contributed by atoms with E-state index in [1.54, 1.807) is 0 Å². The molecule has 1 unspecified atom stereocenters. The number of nitrogens with one attached hydrogen (secondary N) is 1. The number of hydrogen-bond donors (Lipinski definition) is 2. The predicted octanol–water partition coefficient (Wildman–Crippen LogP) is 0.125. The van der Waals surface area contributed by atoms with E-state index in [2.05, 4.69) is 12.2 Å². The molecule has 6 heteroatoms. The van der Waals surface area contributed by atoms with Gasteiger partial charge in [0.2, 0.25) is 0 Å². The van der Waals surface area contributed by atoms with Gasteiger partial charge in [0.05, 0.1) is 11.9 Å². The number of sulfone groups is 1. The number of rotatable bonds is 9. The summed E-state index contributed by atoms with van der Waals surface area (Å²) in [5.41, 5.74) is 0. The van der Waals surface area contributed by atoms with Gasteiger partial charge in [0.25, 0.3) is 0 Å². The van der Waals surface area contributed by atoms with Crippen LogP contribution >= 0.6 is 11.8 Å². The van der Waals surface area contributed by atoms with E-state index in [1.165, 1.54) is 18.0 Å². The molecule has 15 heavy (non-hydrogen) atoms. The summed E-state index contributed by atoms with van der Waals surface area (Å²) < 4.78 is 21.6. The molecule has 0 saturated carbocycles. The first kappa shape index (κ1) is 15.2. The van der Waals surface area contributed by atoms with Crippen molar-refractivity contribution in [2.75, 3.05) is 36.6 Å². The Hall–Kier alpha value is 0.220. The minimum absolute atomic E-state index is 0.187. The molecule has 0 radical (unpaired) electrons. The molecule has 0 bridgehead atoms. The second-order valence-electron chi connectivity index (χ2n) is 3.56. The van der Waals surface area contributed by atoms with Crippen LogP contribution in [0.25, 0.3) is 0 Å². The molecule has 92 valence electrons. The second-order valence-corrected chi connectivity index (χ2v) is 6.97. The average molecular weight is 255 g/mol. The zero-order valence-electron chi connectivity index (χ0n) is 9.40. The molecule has 2 N–H and O–H groups in total. The Morgan fingerprint density at radius 2 is 2.13 bits per heavy atom. The Balaban J connectivity index is 3.35. The van der Waals surface area contributed by atoms with E-state index in [-0.39, 0.29) is 11.9 Å². The zero-order chi connectivity index (χ0) is 11.7. The lowest BCUT2D eigenvalue weighted by molar-refractivity contribution is 0.196. The normalized spacial score (nSPS) is 14.1. The summed E-state index contributed by atoms with van der Waals surface area (Å²) >= 11 is 1.48. The lowest BCUT2D eigenvalue weighted by Gasteiger charge is -2.10. The van der Waals surface area contributed by atoms with Crippen LogP contribution in [0.3, 0.4) is 0 Å². The van der Waals surface area contributed by atoms with Gasteiger partial charge in [-0.3, -0.25) is 0 Å². The first-order chi connectivity index (χ1) is 6.95. The number of aliphatic hydroxyl groups is 1. The third kappa shape index (κ3) is 12.2. The van der Waals surface area contributed by atoms with Gasteiger partial charge in [-0.15, -0.1) is 0 Å². The minimum Gasteiger partial charge on any atom is -0.391 e. The van der Waals surface area contributed by atoms with Crippen LogP contribution in [0.15, 0.2) is 0 Å². The molecule has 0 aliphatic heterocycles. The Morgan fingerprint density at radius 1 is 1.47 bits per heavy atom.